The molecule has 1 unspecified atom stereocenters. The zero-order valence-electron chi connectivity index (χ0n) is 14.0. The predicted octanol–water partition coefficient (Wildman–Crippen LogP) is 2.26. The van der Waals surface area contributed by atoms with Gasteiger partial charge in [0.05, 0.1) is 11.5 Å². The van der Waals surface area contributed by atoms with Gasteiger partial charge in [-0.15, -0.1) is 0 Å². The minimum absolute atomic E-state index is 0.0289. The number of rotatable bonds is 6. The van der Waals surface area contributed by atoms with Gasteiger partial charge < -0.3 is 10.4 Å². The first kappa shape index (κ1) is 18.0. The van der Waals surface area contributed by atoms with Crippen LogP contribution in [0.15, 0.2) is 0 Å². The van der Waals surface area contributed by atoms with Crippen molar-refractivity contribution in [3.63, 3.8) is 0 Å². The van der Waals surface area contributed by atoms with Gasteiger partial charge in [0, 0.05) is 18.6 Å². The summed E-state index contributed by atoms with van der Waals surface area (Å²) in [6.07, 6.45) is 2.77. The van der Waals surface area contributed by atoms with Crippen LogP contribution < -0.4 is 5.32 Å². The van der Waals surface area contributed by atoms with E-state index < -0.39 is 11.4 Å². The van der Waals surface area contributed by atoms with Crippen LogP contribution in [-0.2, 0) is 9.59 Å². The number of carbonyl (C=O) groups excluding carboxylic acids is 1. The van der Waals surface area contributed by atoms with E-state index >= 15 is 0 Å². The van der Waals surface area contributed by atoms with Crippen LogP contribution in [0.25, 0.3) is 0 Å². The first-order chi connectivity index (χ1) is 9.67. The molecule has 1 rings (SSSR count). The highest BCUT2D eigenvalue weighted by atomic mass is 16.4. The Balaban J connectivity index is 2.61. The fourth-order valence-corrected chi connectivity index (χ4v) is 2.75. The zero-order valence-corrected chi connectivity index (χ0v) is 14.0. The Morgan fingerprint density at radius 2 is 1.81 bits per heavy atom. The van der Waals surface area contributed by atoms with E-state index in [1.165, 1.54) is 0 Å². The molecule has 1 saturated heterocycles. The predicted molar refractivity (Wildman–Crippen MR) is 83.1 cm³/mol. The maximum Gasteiger partial charge on any atom is 0.309 e. The SMILES string of the molecule is CCC(C)(C)NC(=O)C(C)N1CCC(CC)(C(=O)O)CC1. The molecule has 0 saturated carbocycles. The number of piperidine rings is 1. The molecule has 1 fully saturated rings. The molecule has 5 heteroatoms. The molecule has 1 heterocycles. The topological polar surface area (TPSA) is 69.6 Å². The molecule has 21 heavy (non-hydrogen) atoms. The third kappa shape index (κ3) is 4.19. The third-order valence-corrected chi connectivity index (χ3v) is 5.16. The number of carboxylic acid groups (broad SMARTS) is 1. The second kappa shape index (κ2) is 6.77. The number of hydrogen-bond donors (Lipinski definition) is 2. The van der Waals surface area contributed by atoms with Crippen molar-refractivity contribution in [1.29, 1.82) is 0 Å². The number of amides is 1. The normalized spacial score (nSPS) is 20.8. The minimum Gasteiger partial charge on any atom is -0.481 e. The molecule has 122 valence electrons. The highest BCUT2D eigenvalue weighted by Crippen LogP contribution is 2.35. The number of likely N-dealkylation sites (tertiary alicyclic amines) is 1. The molecule has 0 spiro atoms. The third-order valence-electron chi connectivity index (χ3n) is 5.16. The fourth-order valence-electron chi connectivity index (χ4n) is 2.75. The Kier molecular flexibility index (Phi) is 5.79. The van der Waals surface area contributed by atoms with E-state index in [0.29, 0.717) is 32.4 Å². The van der Waals surface area contributed by atoms with E-state index in [1.54, 1.807) is 0 Å². The summed E-state index contributed by atoms with van der Waals surface area (Å²) in [5.74, 6) is -0.671. The van der Waals surface area contributed by atoms with Gasteiger partial charge in [-0.1, -0.05) is 13.8 Å². The summed E-state index contributed by atoms with van der Waals surface area (Å²) in [5, 5.41) is 12.5. The number of hydrogen-bond acceptors (Lipinski definition) is 3. The molecule has 5 nitrogen and oxygen atoms in total. The molecule has 2 N–H and O–H groups in total. The highest BCUT2D eigenvalue weighted by Gasteiger charge is 2.41. The first-order valence-corrected chi connectivity index (χ1v) is 7.97. The fraction of sp³-hybridized carbons (Fsp3) is 0.875. The summed E-state index contributed by atoms with van der Waals surface area (Å²) in [6, 6.07) is -0.209. The molecular weight excluding hydrogens is 268 g/mol. The van der Waals surface area contributed by atoms with Crippen LogP contribution in [-0.4, -0.2) is 46.6 Å². The Morgan fingerprint density at radius 3 is 2.19 bits per heavy atom. The number of aliphatic carboxylic acids is 1. The van der Waals surface area contributed by atoms with Crippen LogP contribution in [0, 0.1) is 5.41 Å². The van der Waals surface area contributed by atoms with E-state index in [2.05, 4.69) is 10.2 Å². The number of carbonyl (C=O) groups is 2. The van der Waals surface area contributed by atoms with E-state index in [-0.39, 0.29) is 17.5 Å². The van der Waals surface area contributed by atoms with Gasteiger partial charge >= 0.3 is 5.97 Å². The summed E-state index contributed by atoms with van der Waals surface area (Å²) < 4.78 is 0. The number of nitrogens with one attached hydrogen (secondary N) is 1. The lowest BCUT2D eigenvalue weighted by molar-refractivity contribution is -0.153. The van der Waals surface area contributed by atoms with E-state index in [4.69, 9.17) is 0 Å². The average molecular weight is 298 g/mol. The monoisotopic (exact) mass is 298 g/mol. The maximum atomic E-state index is 12.3. The number of carboxylic acids is 1. The summed E-state index contributed by atoms with van der Waals surface area (Å²) >= 11 is 0. The smallest absolute Gasteiger partial charge is 0.309 e. The molecule has 1 atom stereocenters. The van der Waals surface area contributed by atoms with Crippen molar-refractivity contribution in [2.24, 2.45) is 5.41 Å². The van der Waals surface area contributed by atoms with Gasteiger partial charge in [0.1, 0.15) is 0 Å². The molecule has 0 aromatic carbocycles. The lowest BCUT2D eigenvalue weighted by Gasteiger charge is -2.41. The Bertz CT molecular complexity index is 385. The van der Waals surface area contributed by atoms with Gasteiger partial charge in [-0.05, 0) is 46.5 Å². The van der Waals surface area contributed by atoms with Crippen molar-refractivity contribution in [3.05, 3.63) is 0 Å². The van der Waals surface area contributed by atoms with Crippen molar-refractivity contribution in [1.82, 2.24) is 10.2 Å². The Labute approximate surface area is 128 Å². The van der Waals surface area contributed by atoms with Crippen LogP contribution >= 0.6 is 0 Å². The van der Waals surface area contributed by atoms with Crippen LogP contribution in [0.1, 0.15) is 60.3 Å². The van der Waals surface area contributed by atoms with Gasteiger partial charge in [-0.3, -0.25) is 14.5 Å². The maximum absolute atomic E-state index is 12.3. The molecule has 1 aliphatic rings. The molecule has 0 radical (unpaired) electrons. The van der Waals surface area contributed by atoms with Crippen molar-refractivity contribution in [3.8, 4) is 0 Å². The summed E-state index contributed by atoms with van der Waals surface area (Å²) in [5.41, 5.74) is -0.801. The molecule has 1 aliphatic heterocycles. The van der Waals surface area contributed by atoms with E-state index in [1.807, 2.05) is 34.6 Å². The molecular formula is C16H30N2O3. The van der Waals surface area contributed by atoms with Crippen LogP contribution in [0.2, 0.25) is 0 Å². The van der Waals surface area contributed by atoms with Crippen LogP contribution in [0.5, 0.6) is 0 Å². The molecule has 0 bridgehead atoms. The second-order valence-electron chi connectivity index (χ2n) is 6.88. The van der Waals surface area contributed by atoms with Gasteiger partial charge in [0.25, 0.3) is 0 Å². The summed E-state index contributed by atoms with van der Waals surface area (Å²) in [7, 11) is 0. The van der Waals surface area contributed by atoms with Gasteiger partial charge in [-0.2, -0.15) is 0 Å². The minimum atomic E-state index is -0.700. The van der Waals surface area contributed by atoms with Gasteiger partial charge in [-0.25, -0.2) is 0 Å². The molecule has 1 amide bonds. The second-order valence-corrected chi connectivity index (χ2v) is 6.88. The Hall–Kier alpha value is -1.10. The van der Waals surface area contributed by atoms with Crippen LogP contribution in [0.3, 0.4) is 0 Å². The average Bonchev–Trinajstić information content (AvgIpc) is 2.45. The Morgan fingerprint density at radius 1 is 1.29 bits per heavy atom. The molecule has 0 aromatic rings. The number of nitrogens with zero attached hydrogens (tertiary/aromatic N) is 1. The molecule has 0 aromatic heterocycles. The van der Waals surface area contributed by atoms with Gasteiger partial charge in [0.2, 0.25) is 5.91 Å². The van der Waals surface area contributed by atoms with Crippen molar-refractivity contribution in [2.45, 2.75) is 71.9 Å². The van der Waals surface area contributed by atoms with Crippen molar-refractivity contribution in [2.75, 3.05) is 13.1 Å². The first-order valence-electron chi connectivity index (χ1n) is 7.97. The van der Waals surface area contributed by atoms with E-state index in [9.17, 15) is 14.7 Å². The lowest BCUT2D eigenvalue weighted by atomic mass is 9.76. The largest absolute Gasteiger partial charge is 0.481 e. The summed E-state index contributed by atoms with van der Waals surface area (Å²) in [6.45, 7) is 11.3. The standard InChI is InChI=1S/C16H30N2O3/c1-6-15(4,5)17-13(19)12(3)18-10-8-16(7-2,9-11-18)14(20)21/h12H,6-11H2,1-5H3,(H,17,19)(H,20,21). The lowest BCUT2D eigenvalue weighted by Crippen LogP contribution is -2.55. The van der Waals surface area contributed by atoms with Crippen molar-refractivity contribution < 1.29 is 14.7 Å². The van der Waals surface area contributed by atoms with E-state index in [0.717, 1.165) is 6.42 Å². The zero-order chi connectivity index (χ0) is 16.3. The van der Waals surface area contributed by atoms with Crippen LogP contribution in [0.4, 0.5) is 0 Å². The highest BCUT2D eigenvalue weighted by molar-refractivity contribution is 5.82. The van der Waals surface area contributed by atoms with Gasteiger partial charge in [0.15, 0.2) is 0 Å². The summed E-state index contributed by atoms with van der Waals surface area (Å²) in [4.78, 5) is 25.9. The molecule has 0 aliphatic carbocycles. The van der Waals surface area contributed by atoms with Crippen molar-refractivity contribution >= 4 is 11.9 Å². The quantitative estimate of drug-likeness (QED) is 0.789.